The zero-order valence-corrected chi connectivity index (χ0v) is 16.9. The lowest BCUT2D eigenvalue weighted by Gasteiger charge is -2.11. The number of carbonyl (C=O) groups is 2. The molecule has 2 rings (SSSR count). The number of benzene rings is 2. The number of amides is 1. The van der Waals surface area contributed by atoms with Crippen molar-refractivity contribution in [3.05, 3.63) is 66.4 Å². The van der Waals surface area contributed by atoms with Gasteiger partial charge >= 0.3 is 5.97 Å². The Kier molecular flexibility index (Phi) is 6.60. The number of carboxylic acids is 1. The third kappa shape index (κ3) is 4.69. The van der Waals surface area contributed by atoms with E-state index in [-0.39, 0.29) is 5.70 Å². The van der Waals surface area contributed by atoms with Crippen molar-refractivity contribution in [1.29, 1.82) is 0 Å². The molecule has 0 aliphatic rings. The van der Waals surface area contributed by atoms with Crippen LogP contribution in [0.25, 0.3) is 6.08 Å². The smallest absolute Gasteiger partial charge is 0.352 e. The lowest BCUT2D eigenvalue weighted by molar-refractivity contribution is -0.132. The van der Waals surface area contributed by atoms with Crippen LogP contribution in [0.4, 0.5) is 0 Å². The number of methoxy groups -OCH3 is 1. The van der Waals surface area contributed by atoms with Gasteiger partial charge in [0.05, 0.1) is 10.7 Å². The molecule has 7 heteroatoms. The number of rotatable bonds is 5. The van der Waals surface area contributed by atoms with Crippen molar-refractivity contribution < 1.29 is 19.4 Å². The molecule has 0 saturated heterocycles. The zero-order chi connectivity index (χ0) is 17.7. The van der Waals surface area contributed by atoms with Gasteiger partial charge in [0.2, 0.25) is 0 Å². The first-order valence-electron chi connectivity index (χ1n) is 6.76. The molecule has 2 aromatic carbocycles. The van der Waals surface area contributed by atoms with Gasteiger partial charge in [0, 0.05) is 14.7 Å². The van der Waals surface area contributed by atoms with E-state index in [4.69, 9.17) is 4.74 Å². The Morgan fingerprint density at radius 1 is 1.17 bits per heavy atom. The van der Waals surface area contributed by atoms with Crippen LogP contribution >= 0.6 is 45.2 Å². The van der Waals surface area contributed by atoms with E-state index >= 15 is 0 Å². The molecule has 1 amide bonds. The summed E-state index contributed by atoms with van der Waals surface area (Å²) in [4.78, 5) is 23.7. The number of halogens is 2. The van der Waals surface area contributed by atoms with E-state index in [9.17, 15) is 14.7 Å². The summed E-state index contributed by atoms with van der Waals surface area (Å²) in [5.74, 6) is -1.15. The van der Waals surface area contributed by atoms with Crippen LogP contribution in [0.15, 0.2) is 48.2 Å². The lowest BCUT2D eigenvalue weighted by atomic mass is 10.1. The van der Waals surface area contributed by atoms with Crippen LogP contribution in [0.3, 0.4) is 0 Å². The SMILES string of the molecule is COc1c(I)cc(I)cc1C=C(NC(=O)c1ccccc1)C(=O)O. The van der Waals surface area contributed by atoms with Crippen molar-refractivity contribution in [3.63, 3.8) is 0 Å². The highest BCUT2D eigenvalue weighted by Gasteiger charge is 2.15. The van der Waals surface area contributed by atoms with E-state index in [1.54, 1.807) is 36.4 Å². The number of carboxylic acid groups (broad SMARTS) is 1. The van der Waals surface area contributed by atoms with Crippen LogP contribution in [-0.2, 0) is 4.79 Å². The standard InChI is InChI=1S/C17H13I2NO4/c1-24-15-11(7-12(18)9-13(15)19)8-14(17(22)23)20-16(21)10-5-3-2-4-6-10/h2-9H,1H3,(H,20,21)(H,22,23). The second kappa shape index (κ2) is 8.47. The van der Waals surface area contributed by atoms with Crippen molar-refractivity contribution in [1.82, 2.24) is 5.32 Å². The fourth-order valence-electron chi connectivity index (χ4n) is 1.99. The van der Waals surface area contributed by atoms with Crippen LogP contribution in [0.1, 0.15) is 15.9 Å². The summed E-state index contributed by atoms with van der Waals surface area (Å²) >= 11 is 4.26. The van der Waals surface area contributed by atoms with Crippen LogP contribution in [0, 0.1) is 7.14 Å². The van der Waals surface area contributed by atoms with Crippen molar-refractivity contribution in [2.45, 2.75) is 0 Å². The number of nitrogens with one attached hydrogen (secondary N) is 1. The second-order valence-corrected chi connectivity index (χ2v) is 7.10. The minimum atomic E-state index is -1.23. The highest BCUT2D eigenvalue weighted by molar-refractivity contribution is 14.1. The molecule has 0 radical (unpaired) electrons. The summed E-state index contributed by atoms with van der Waals surface area (Å²) < 4.78 is 7.13. The van der Waals surface area contributed by atoms with Gasteiger partial charge in [-0.2, -0.15) is 0 Å². The van der Waals surface area contributed by atoms with Gasteiger partial charge in [-0.05, 0) is 75.5 Å². The molecule has 0 unspecified atom stereocenters. The van der Waals surface area contributed by atoms with Crippen molar-refractivity contribution in [2.24, 2.45) is 0 Å². The van der Waals surface area contributed by atoms with Gasteiger partial charge in [-0.1, -0.05) is 18.2 Å². The van der Waals surface area contributed by atoms with Crippen molar-refractivity contribution in [3.8, 4) is 5.75 Å². The average Bonchev–Trinajstić information content (AvgIpc) is 2.54. The van der Waals surface area contributed by atoms with Crippen molar-refractivity contribution in [2.75, 3.05) is 7.11 Å². The predicted octanol–water partition coefficient (Wildman–Crippen LogP) is 3.76. The highest BCUT2D eigenvalue weighted by atomic mass is 127. The van der Waals surface area contributed by atoms with Crippen molar-refractivity contribution >= 4 is 63.1 Å². The monoisotopic (exact) mass is 549 g/mol. The first kappa shape index (κ1) is 18.7. The van der Waals surface area contributed by atoms with E-state index < -0.39 is 11.9 Å². The van der Waals surface area contributed by atoms with Crippen LogP contribution in [0.2, 0.25) is 0 Å². The Bertz CT molecular complexity index is 804. The molecule has 5 nitrogen and oxygen atoms in total. The normalized spacial score (nSPS) is 11.0. The summed E-state index contributed by atoms with van der Waals surface area (Å²) in [7, 11) is 1.52. The first-order valence-corrected chi connectivity index (χ1v) is 8.92. The maximum absolute atomic E-state index is 12.2. The number of hydrogen-bond donors (Lipinski definition) is 2. The summed E-state index contributed by atoms with van der Waals surface area (Å²) in [5.41, 5.74) is 0.744. The Morgan fingerprint density at radius 2 is 1.83 bits per heavy atom. The summed E-state index contributed by atoms with van der Waals surface area (Å²) in [5, 5.41) is 11.8. The molecular weight excluding hydrogens is 536 g/mol. The van der Waals surface area contributed by atoms with Gasteiger partial charge in [0.1, 0.15) is 11.4 Å². The molecule has 2 aromatic rings. The Morgan fingerprint density at radius 3 is 2.42 bits per heavy atom. The molecule has 0 aromatic heterocycles. The molecule has 24 heavy (non-hydrogen) atoms. The molecule has 0 atom stereocenters. The van der Waals surface area contributed by atoms with E-state index in [1.807, 2.05) is 6.07 Å². The Hall–Kier alpha value is -1.62. The molecule has 0 fully saturated rings. The van der Waals surface area contributed by atoms with Gasteiger partial charge in [-0.3, -0.25) is 4.79 Å². The number of ether oxygens (including phenoxy) is 1. The third-order valence-electron chi connectivity index (χ3n) is 3.06. The minimum Gasteiger partial charge on any atom is -0.495 e. The molecule has 0 aliphatic carbocycles. The van der Waals surface area contributed by atoms with Crippen LogP contribution in [-0.4, -0.2) is 24.1 Å². The highest BCUT2D eigenvalue weighted by Crippen LogP contribution is 2.29. The fourth-order valence-corrected chi connectivity index (χ4v) is 4.10. The molecule has 0 aliphatic heterocycles. The van der Waals surface area contributed by atoms with Gasteiger partial charge in [-0.25, -0.2) is 4.79 Å². The van der Waals surface area contributed by atoms with Gasteiger partial charge < -0.3 is 15.2 Å². The summed E-state index contributed by atoms with van der Waals surface area (Å²) in [6, 6.07) is 12.1. The molecular formula is C17H13I2NO4. The molecule has 124 valence electrons. The zero-order valence-electron chi connectivity index (χ0n) is 12.5. The molecule has 0 heterocycles. The largest absolute Gasteiger partial charge is 0.495 e. The Labute approximate surface area is 166 Å². The molecule has 2 N–H and O–H groups in total. The van der Waals surface area contributed by atoms with E-state index in [0.717, 1.165) is 7.14 Å². The average molecular weight is 549 g/mol. The fraction of sp³-hybridized carbons (Fsp3) is 0.0588. The van der Waals surface area contributed by atoms with Gasteiger partial charge in [0.15, 0.2) is 0 Å². The molecule has 0 saturated carbocycles. The maximum atomic E-state index is 12.2. The van der Waals surface area contributed by atoms with Crippen LogP contribution < -0.4 is 10.1 Å². The van der Waals surface area contributed by atoms with Gasteiger partial charge in [-0.15, -0.1) is 0 Å². The number of aliphatic carboxylic acids is 1. The van der Waals surface area contributed by atoms with E-state index in [1.165, 1.54) is 13.2 Å². The second-order valence-electron chi connectivity index (χ2n) is 4.69. The van der Waals surface area contributed by atoms with Crippen LogP contribution in [0.5, 0.6) is 5.75 Å². The summed E-state index contributed by atoms with van der Waals surface area (Å²) in [6.45, 7) is 0. The van der Waals surface area contributed by atoms with Gasteiger partial charge in [0.25, 0.3) is 5.91 Å². The third-order valence-corrected chi connectivity index (χ3v) is 4.48. The maximum Gasteiger partial charge on any atom is 0.352 e. The molecule has 0 spiro atoms. The topological polar surface area (TPSA) is 75.6 Å². The van der Waals surface area contributed by atoms with E-state index in [2.05, 4.69) is 50.5 Å². The summed E-state index contributed by atoms with van der Waals surface area (Å²) in [6.07, 6.45) is 1.40. The predicted molar refractivity (Wildman–Crippen MR) is 108 cm³/mol. The first-order chi connectivity index (χ1) is 11.4. The lowest BCUT2D eigenvalue weighted by Crippen LogP contribution is -2.27. The number of carbonyl (C=O) groups excluding carboxylic acids is 1. The molecule has 0 bridgehead atoms. The van der Waals surface area contributed by atoms with E-state index in [0.29, 0.717) is 16.9 Å². The quantitative estimate of drug-likeness (QED) is 0.441. The minimum absolute atomic E-state index is 0.222. The number of hydrogen-bond acceptors (Lipinski definition) is 3. The Balaban J connectivity index is 2.40.